The summed E-state index contributed by atoms with van der Waals surface area (Å²) < 4.78 is 0. The predicted octanol–water partition coefficient (Wildman–Crippen LogP) is 1.46. The maximum Gasteiger partial charge on any atom is 0.411 e. The van der Waals surface area contributed by atoms with E-state index in [1.165, 1.54) is 10.5 Å². The highest BCUT2D eigenvalue weighted by Crippen LogP contribution is 2.17. The first kappa shape index (κ1) is 9.58. The van der Waals surface area contributed by atoms with Gasteiger partial charge in [0, 0.05) is 19.3 Å². The maximum atomic E-state index is 10.6. The summed E-state index contributed by atoms with van der Waals surface area (Å²) >= 11 is 0. The van der Waals surface area contributed by atoms with Crippen LogP contribution >= 0.6 is 0 Å². The van der Waals surface area contributed by atoms with Gasteiger partial charge in [-0.2, -0.15) is 0 Å². The number of carboxylic acid groups (broad SMARTS) is 1. The Morgan fingerprint density at radius 2 is 2.40 bits per heavy atom. The van der Waals surface area contributed by atoms with Crippen molar-refractivity contribution >= 4 is 6.09 Å². The summed E-state index contributed by atoms with van der Waals surface area (Å²) in [6, 6.07) is 0. The molecule has 2 rings (SSSR count). The molecule has 78 valence electrons. The molecule has 0 fully saturated rings. The number of carbonyl (C=O) groups is 1. The summed E-state index contributed by atoms with van der Waals surface area (Å²) in [6.07, 6.45) is 10.3. The molecule has 2 aliphatic heterocycles. The lowest BCUT2D eigenvalue weighted by Crippen LogP contribution is -2.26. The third-order valence-corrected chi connectivity index (χ3v) is 2.36. The molecule has 1 amide bonds. The summed E-state index contributed by atoms with van der Waals surface area (Å²) in [6.45, 7) is 1.21. The minimum absolute atomic E-state index is 0.419. The van der Waals surface area contributed by atoms with Crippen LogP contribution < -0.4 is 5.32 Å². The maximum absolute atomic E-state index is 10.6. The van der Waals surface area contributed by atoms with E-state index in [-0.39, 0.29) is 0 Å². The van der Waals surface area contributed by atoms with Gasteiger partial charge < -0.3 is 10.4 Å². The third-order valence-electron chi connectivity index (χ3n) is 2.36. The predicted molar refractivity (Wildman–Crippen MR) is 57.2 cm³/mol. The van der Waals surface area contributed by atoms with Crippen LogP contribution in [0.5, 0.6) is 0 Å². The molecule has 0 aromatic carbocycles. The molecular formula is C11H12N2O2. The zero-order chi connectivity index (χ0) is 10.7. The van der Waals surface area contributed by atoms with E-state index < -0.39 is 6.09 Å². The zero-order valence-electron chi connectivity index (χ0n) is 8.18. The Balaban J connectivity index is 2.09. The van der Waals surface area contributed by atoms with Gasteiger partial charge >= 0.3 is 6.09 Å². The van der Waals surface area contributed by atoms with Crippen molar-refractivity contribution in [1.29, 1.82) is 0 Å². The lowest BCUT2D eigenvalue weighted by molar-refractivity contribution is 0.166. The molecule has 0 bridgehead atoms. The van der Waals surface area contributed by atoms with Crippen LogP contribution in [0.3, 0.4) is 0 Å². The Hall–Kier alpha value is -1.97. The normalized spacial score (nSPS) is 19.3. The lowest BCUT2D eigenvalue weighted by Gasteiger charge is -2.19. The second-order valence-corrected chi connectivity index (χ2v) is 3.34. The van der Waals surface area contributed by atoms with Gasteiger partial charge in [0.25, 0.3) is 0 Å². The molecule has 0 saturated heterocycles. The highest BCUT2D eigenvalue weighted by molar-refractivity contribution is 5.67. The molecule has 0 atom stereocenters. The van der Waals surface area contributed by atoms with E-state index in [0.717, 1.165) is 12.1 Å². The molecule has 4 heteroatoms. The fourth-order valence-corrected chi connectivity index (χ4v) is 1.53. The molecule has 0 unspecified atom stereocenters. The average Bonchev–Trinajstić information content (AvgIpc) is 2.30. The van der Waals surface area contributed by atoms with Gasteiger partial charge in [0.05, 0.1) is 0 Å². The summed E-state index contributed by atoms with van der Waals surface area (Å²) in [5, 5.41) is 11.9. The number of rotatable bonds is 1. The second-order valence-electron chi connectivity index (χ2n) is 3.34. The second kappa shape index (κ2) is 4.04. The van der Waals surface area contributed by atoms with Crippen molar-refractivity contribution in [3.63, 3.8) is 0 Å². The highest BCUT2D eigenvalue weighted by atomic mass is 16.4. The molecule has 4 nitrogen and oxygen atoms in total. The first-order chi connectivity index (χ1) is 7.27. The molecule has 0 aromatic rings. The first-order valence-corrected chi connectivity index (χ1v) is 4.75. The van der Waals surface area contributed by atoms with Crippen molar-refractivity contribution in [3.8, 4) is 0 Å². The highest BCUT2D eigenvalue weighted by Gasteiger charge is 2.12. The molecule has 0 saturated carbocycles. The third kappa shape index (κ3) is 2.10. The summed E-state index contributed by atoms with van der Waals surface area (Å²) in [4.78, 5) is 11.9. The number of nitrogens with one attached hydrogen (secondary N) is 1. The smallest absolute Gasteiger partial charge is 0.411 e. The van der Waals surface area contributed by atoms with Gasteiger partial charge in [-0.3, -0.25) is 4.90 Å². The number of amides is 1. The Morgan fingerprint density at radius 3 is 2.93 bits per heavy atom. The minimum atomic E-state index is -0.919. The molecule has 0 radical (unpaired) electrons. The van der Waals surface area contributed by atoms with Gasteiger partial charge in [0.2, 0.25) is 0 Å². The quantitative estimate of drug-likeness (QED) is 0.680. The minimum Gasteiger partial charge on any atom is -0.465 e. The summed E-state index contributed by atoms with van der Waals surface area (Å²) in [5.74, 6) is 0. The summed E-state index contributed by atoms with van der Waals surface area (Å²) in [5.41, 5.74) is 2.27. The lowest BCUT2D eigenvalue weighted by atomic mass is 10.0. The number of dihydropyridines is 1. The van der Waals surface area contributed by atoms with Crippen molar-refractivity contribution in [2.75, 3.05) is 13.1 Å². The molecular weight excluding hydrogens is 192 g/mol. The van der Waals surface area contributed by atoms with E-state index in [0.29, 0.717) is 6.54 Å². The molecule has 0 aromatic heterocycles. The Morgan fingerprint density at radius 1 is 1.53 bits per heavy atom. The molecule has 0 spiro atoms. The number of allylic oxidation sites excluding steroid dienone is 3. The van der Waals surface area contributed by atoms with Crippen molar-refractivity contribution in [2.45, 2.75) is 0 Å². The standard InChI is InChI=1S/C11H12N2O2/c14-11(15)13-6-3-9(4-7-13)10-2-1-5-12-8-10/h1-6,12H,7-8H2,(H,14,15). The van der Waals surface area contributed by atoms with E-state index in [9.17, 15) is 4.79 Å². The number of nitrogens with zero attached hydrogens (tertiary/aromatic N) is 1. The Labute approximate surface area is 87.9 Å². The van der Waals surface area contributed by atoms with Crippen LogP contribution in [-0.4, -0.2) is 29.2 Å². The van der Waals surface area contributed by atoms with Gasteiger partial charge in [-0.15, -0.1) is 0 Å². The number of hydrogen-bond acceptors (Lipinski definition) is 2. The first-order valence-electron chi connectivity index (χ1n) is 4.75. The van der Waals surface area contributed by atoms with Crippen molar-refractivity contribution in [3.05, 3.63) is 47.9 Å². The fraction of sp³-hybridized carbons (Fsp3) is 0.182. The van der Waals surface area contributed by atoms with Crippen molar-refractivity contribution in [2.24, 2.45) is 0 Å². The van der Waals surface area contributed by atoms with Crippen molar-refractivity contribution in [1.82, 2.24) is 10.2 Å². The molecule has 2 N–H and O–H groups in total. The monoisotopic (exact) mass is 204 g/mol. The van der Waals surface area contributed by atoms with Gasteiger partial charge in [-0.1, -0.05) is 12.2 Å². The van der Waals surface area contributed by atoms with E-state index in [4.69, 9.17) is 5.11 Å². The van der Waals surface area contributed by atoms with Gasteiger partial charge in [0.1, 0.15) is 0 Å². The molecule has 0 aliphatic carbocycles. The van der Waals surface area contributed by atoms with Gasteiger partial charge in [-0.25, -0.2) is 4.79 Å². The summed E-state index contributed by atoms with van der Waals surface area (Å²) in [7, 11) is 0. The van der Waals surface area contributed by atoms with E-state index in [1.54, 1.807) is 6.20 Å². The molecule has 2 heterocycles. The van der Waals surface area contributed by atoms with Gasteiger partial charge in [-0.05, 0) is 29.5 Å². The van der Waals surface area contributed by atoms with Gasteiger partial charge in [0.15, 0.2) is 0 Å². The molecule has 15 heavy (non-hydrogen) atoms. The molecule has 2 aliphatic rings. The van der Waals surface area contributed by atoms with Crippen molar-refractivity contribution < 1.29 is 9.90 Å². The Kier molecular flexibility index (Phi) is 2.58. The average molecular weight is 204 g/mol. The SMILES string of the molecule is O=C(O)N1C=CC(C2=CC=CNC2)=CC1. The van der Waals surface area contributed by atoms with E-state index in [2.05, 4.69) is 5.32 Å². The van der Waals surface area contributed by atoms with Crippen LogP contribution in [0.1, 0.15) is 0 Å². The van der Waals surface area contributed by atoms with Crippen LogP contribution in [0.25, 0.3) is 0 Å². The van der Waals surface area contributed by atoms with E-state index in [1.807, 2.05) is 30.5 Å². The largest absolute Gasteiger partial charge is 0.465 e. The van der Waals surface area contributed by atoms with Crippen LogP contribution in [0, 0.1) is 0 Å². The number of hydrogen-bond donors (Lipinski definition) is 2. The van der Waals surface area contributed by atoms with Crippen LogP contribution in [0.4, 0.5) is 4.79 Å². The Bertz CT molecular complexity index is 391. The van der Waals surface area contributed by atoms with Crippen LogP contribution in [0.2, 0.25) is 0 Å². The van der Waals surface area contributed by atoms with Crippen LogP contribution in [-0.2, 0) is 0 Å². The van der Waals surface area contributed by atoms with E-state index >= 15 is 0 Å². The fourth-order valence-electron chi connectivity index (χ4n) is 1.53. The van der Waals surface area contributed by atoms with Crippen LogP contribution in [0.15, 0.2) is 47.9 Å². The zero-order valence-corrected chi connectivity index (χ0v) is 8.18. The topological polar surface area (TPSA) is 52.6 Å².